The number of benzene rings is 2. The number of hydrogen-bond acceptors (Lipinski definition) is 4. The second-order valence-electron chi connectivity index (χ2n) is 4.49. The molecule has 0 heterocycles. The molecule has 0 amide bonds. The zero-order valence-electron chi connectivity index (χ0n) is 13.0. The van der Waals surface area contributed by atoms with E-state index in [1.54, 1.807) is 33.5 Å². The molecule has 7 heteroatoms. The number of rotatable bonds is 5. The van der Waals surface area contributed by atoms with Crippen molar-refractivity contribution < 1.29 is 14.2 Å². The van der Waals surface area contributed by atoms with Crippen LogP contribution in [0.15, 0.2) is 36.4 Å². The first kappa shape index (κ1) is 17.2. The average molecular weight is 353 g/mol. The van der Waals surface area contributed by atoms with Gasteiger partial charge in [0.2, 0.25) is 0 Å². The molecule has 0 aromatic heterocycles. The van der Waals surface area contributed by atoms with Crippen molar-refractivity contribution >= 4 is 40.3 Å². The van der Waals surface area contributed by atoms with E-state index >= 15 is 0 Å². The van der Waals surface area contributed by atoms with Crippen molar-refractivity contribution in [3.8, 4) is 17.2 Å². The Labute approximate surface area is 145 Å². The monoisotopic (exact) mass is 352 g/mol. The summed E-state index contributed by atoms with van der Waals surface area (Å²) >= 11 is 11.4. The van der Waals surface area contributed by atoms with Gasteiger partial charge in [0.25, 0.3) is 0 Å². The fourth-order valence-corrected chi connectivity index (χ4v) is 2.38. The highest BCUT2D eigenvalue weighted by Gasteiger charge is 2.11. The molecule has 0 aliphatic heterocycles. The van der Waals surface area contributed by atoms with E-state index in [1.807, 2.05) is 24.3 Å². The fourth-order valence-electron chi connectivity index (χ4n) is 1.92. The van der Waals surface area contributed by atoms with Crippen LogP contribution in [0.25, 0.3) is 0 Å². The van der Waals surface area contributed by atoms with E-state index in [9.17, 15) is 0 Å². The zero-order valence-corrected chi connectivity index (χ0v) is 14.5. The van der Waals surface area contributed by atoms with Crippen molar-refractivity contribution in [3.63, 3.8) is 0 Å². The molecule has 0 saturated heterocycles. The Morgan fingerprint density at radius 1 is 0.913 bits per heavy atom. The van der Waals surface area contributed by atoms with Crippen LogP contribution in [-0.4, -0.2) is 26.4 Å². The first-order valence-electron chi connectivity index (χ1n) is 6.71. The van der Waals surface area contributed by atoms with Gasteiger partial charge in [0.15, 0.2) is 5.11 Å². The minimum atomic E-state index is 0.415. The van der Waals surface area contributed by atoms with Crippen molar-refractivity contribution in [2.24, 2.45) is 0 Å². The Hall–Kier alpha value is -2.18. The van der Waals surface area contributed by atoms with Gasteiger partial charge in [0.1, 0.15) is 17.2 Å². The standard InChI is InChI=1S/C16H17ClN2O3S/c1-20-11-6-4-10(5-7-11)18-16(23)19-13-9-14(21-2)12(17)8-15(13)22-3/h4-9H,1-3H3,(H2,18,19,23). The molecule has 2 aromatic carbocycles. The Bertz CT molecular complexity index is 692. The minimum absolute atomic E-state index is 0.415. The highest BCUT2D eigenvalue weighted by Crippen LogP contribution is 2.35. The molecule has 2 aromatic rings. The van der Waals surface area contributed by atoms with Gasteiger partial charge in [-0.2, -0.15) is 0 Å². The van der Waals surface area contributed by atoms with Crippen LogP contribution < -0.4 is 24.8 Å². The van der Waals surface area contributed by atoms with Gasteiger partial charge in [-0.05, 0) is 36.5 Å². The number of halogens is 1. The predicted octanol–water partition coefficient (Wildman–Crippen LogP) is 4.17. The average Bonchev–Trinajstić information content (AvgIpc) is 2.56. The summed E-state index contributed by atoms with van der Waals surface area (Å²) in [6, 6.07) is 10.8. The van der Waals surface area contributed by atoms with Crippen LogP contribution in [0, 0.1) is 0 Å². The number of methoxy groups -OCH3 is 3. The molecular weight excluding hydrogens is 336 g/mol. The van der Waals surface area contributed by atoms with Crippen LogP contribution in [0.1, 0.15) is 0 Å². The normalized spacial score (nSPS) is 9.91. The lowest BCUT2D eigenvalue weighted by molar-refractivity contribution is 0.405. The van der Waals surface area contributed by atoms with E-state index in [0.29, 0.717) is 27.3 Å². The SMILES string of the molecule is COc1ccc(NC(=S)Nc2cc(OC)c(Cl)cc2OC)cc1. The van der Waals surface area contributed by atoms with Crippen LogP contribution >= 0.6 is 23.8 Å². The third-order valence-electron chi connectivity index (χ3n) is 3.07. The van der Waals surface area contributed by atoms with Gasteiger partial charge in [0, 0.05) is 17.8 Å². The van der Waals surface area contributed by atoms with Crippen LogP contribution in [0.2, 0.25) is 5.02 Å². The molecule has 5 nitrogen and oxygen atoms in total. The van der Waals surface area contributed by atoms with Crippen molar-refractivity contribution in [1.82, 2.24) is 0 Å². The number of thiocarbonyl (C=S) groups is 1. The summed E-state index contributed by atoms with van der Waals surface area (Å²) in [6.45, 7) is 0. The number of hydrogen-bond donors (Lipinski definition) is 2. The predicted molar refractivity (Wildman–Crippen MR) is 97.4 cm³/mol. The second-order valence-corrected chi connectivity index (χ2v) is 5.31. The first-order chi connectivity index (χ1) is 11.1. The van der Waals surface area contributed by atoms with Gasteiger partial charge in [-0.25, -0.2) is 0 Å². The third kappa shape index (κ3) is 4.40. The van der Waals surface area contributed by atoms with E-state index < -0.39 is 0 Å². The molecule has 23 heavy (non-hydrogen) atoms. The third-order valence-corrected chi connectivity index (χ3v) is 3.57. The Morgan fingerprint density at radius 2 is 1.57 bits per heavy atom. The molecule has 0 spiro atoms. The first-order valence-corrected chi connectivity index (χ1v) is 7.49. The fraction of sp³-hybridized carbons (Fsp3) is 0.188. The maximum Gasteiger partial charge on any atom is 0.175 e. The summed E-state index contributed by atoms with van der Waals surface area (Å²) in [5.41, 5.74) is 1.49. The molecule has 2 rings (SSSR count). The van der Waals surface area contributed by atoms with Crippen molar-refractivity contribution in [2.45, 2.75) is 0 Å². The summed E-state index contributed by atoms with van der Waals surface area (Å²) in [5.74, 6) is 1.87. The molecule has 0 unspecified atom stereocenters. The van der Waals surface area contributed by atoms with Gasteiger partial charge in [-0.1, -0.05) is 11.6 Å². The van der Waals surface area contributed by atoms with Gasteiger partial charge < -0.3 is 24.8 Å². The molecule has 0 saturated carbocycles. The summed E-state index contributed by atoms with van der Waals surface area (Å²) < 4.78 is 15.6. The highest BCUT2D eigenvalue weighted by molar-refractivity contribution is 7.80. The number of nitrogens with one attached hydrogen (secondary N) is 2. The Morgan fingerprint density at radius 3 is 2.13 bits per heavy atom. The topological polar surface area (TPSA) is 51.8 Å². The van der Waals surface area contributed by atoms with Crippen molar-refractivity contribution in [1.29, 1.82) is 0 Å². The zero-order chi connectivity index (χ0) is 16.8. The molecule has 0 aliphatic carbocycles. The smallest absolute Gasteiger partial charge is 0.175 e. The maximum atomic E-state index is 6.08. The molecule has 122 valence electrons. The quantitative estimate of drug-likeness (QED) is 0.787. The molecular formula is C16H17ClN2O3S. The minimum Gasteiger partial charge on any atom is -0.497 e. The summed E-state index contributed by atoms with van der Waals surface area (Å²) in [6.07, 6.45) is 0. The number of ether oxygens (including phenoxy) is 3. The van der Waals surface area contributed by atoms with Crippen molar-refractivity contribution in [3.05, 3.63) is 41.4 Å². The van der Waals surface area contributed by atoms with Gasteiger partial charge in [-0.15, -0.1) is 0 Å². The van der Waals surface area contributed by atoms with E-state index in [2.05, 4.69) is 10.6 Å². The van der Waals surface area contributed by atoms with Crippen LogP contribution in [0.3, 0.4) is 0 Å². The van der Waals surface area contributed by atoms with Crippen LogP contribution in [0.5, 0.6) is 17.2 Å². The lowest BCUT2D eigenvalue weighted by atomic mass is 10.2. The van der Waals surface area contributed by atoms with Gasteiger partial charge in [-0.3, -0.25) is 0 Å². The second kappa shape index (κ2) is 7.89. The van der Waals surface area contributed by atoms with E-state index in [1.165, 1.54) is 0 Å². The van der Waals surface area contributed by atoms with Crippen LogP contribution in [0.4, 0.5) is 11.4 Å². The Balaban J connectivity index is 2.12. The molecule has 0 radical (unpaired) electrons. The lowest BCUT2D eigenvalue weighted by Crippen LogP contribution is -2.19. The largest absolute Gasteiger partial charge is 0.497 e. The van der Waals surface area contributed by atoms with Gasteiger partial charge in [0.05, 0.1) is 32.0 Å². The molecule has 0 fully saturated rings. The molecule has 0 atom stereocenters. The van der Waals surface area contributed by atoms with Crippen LogP contribution in [-0.2, 0) is 0 Å². The molecule has 0 bridgehead atoms. The summed E-state index contributed by atoms with van der Waals surface area (Å²) in [5, 5.41) is 7.02. The van der Waals surface area contributed by atoms with Gasteiger partial charge >= 0.3 is 0 Å². The lowest BCUT2D eigenvalue weighted by Gasteiger charge is -2.15. The van der Waals surface area contributed by atoms with E-state index in [4.69, 9.17) is 38.0 Å². The Kier molecular flexibility index (Phi) is 5.90. The number of anilines is 2. The molecule has 0 aliphatic rings. The van der Waals surface area contributed by atoms with Crippen molar-refractivity contribution in [2.75, 3.05) is 32.0 Å². The maximum absolute atomic E-state index is 6.08. The van der Waals surface area contributed by atoms with E-state index in [-0.39, 0.29) is 0 Å². The van der Waals surface area contributed by atoms with E-state index in [0.717, 1.165) is 11.4 Å². The molecule has 2 N–H and O–H groups in total. The summed E-state index contributed by atoms with van der Waals surface area (Å²) in [4.78, 5) is 0. The highest BCUT2D eigenvalue weighted by atomic mass is 35.5. The summed E-state index contributed by atoms with van der Waals surface area (Å²) in [7, 11) is 4.73.